The van der Waals surface area contributed by atoms with Crippen LogP contribution in [-0.2, 0) is 4.74 Å². The fourth-order valence-corrected chi connectivity index (χ4v) is 0.945. The SMILES string of the molecule is NC(=O)OCC1C=CC=CC1. The predicted octanol–water partition coefficient (Wildman–Crippen LogP) is 1.21. The normalized spacial score (nSPS) is 21.6. The van der Waals surface area contributed by atoms with Crippen molar-refractivity contribution in [3.8, 4) is 0 Å². The molecule has 0 bridgehead atoms. The molecule has 2 N–H and O–H groups in total. The summed E-state index contributed by atoms with van der Waals surface area (Å²) >= 11 is 0. The van der Waals surface area contributed by atoms with Crippen molar-refractivity contribution in [2.45, 2.75) is 6.42 Å². The summed E-state index contributed by atoms with van der Waals surface area (Å²) in [6.45, 7) is 0.385. The highest BCUT2D eigenvalue weighted by Crippen LogP contribution is 2.11. The lowest BCUT2D eigenvalue weighted by Crippen LogP contribution is -2.18. The molecule has 1 aliphatic rings. The van der Waals surface area contributed by atoms with Crippen molar-refractivity contribution in [3.05, 3.63) is 24.3 Å². The summed E-state index contributed by atoms with van der Waals surface area (Å²) in [5.41, 5.74) is 4.81. The molecule has 1 atom stereocenters. The van der Waals surface area contributed by atoms with Gasteiger partial charge in [0.2, 0.25) is 0 Å². The molecule has 0 spiro atoms. The lowest BCUT2D eigenvalue weighted by Gasteiger charge is -2.11. The Balaban J connectivity index is 2.22. The van der Waals surface area contributed by atoms with Crippen LogP contribution < -0.4 is 5.73 Å². The van der Waals surface area contributed by atoms with E-state index in [1.807, 2.05) is 24.3 Å². The maximum absolute atomic E-state index is 10.2. The van der Waals surface area contributed by atoms with E-state index in [2.05, 4.69) is 4.74 Å². The van der Waals surface area contributed by atoms with Crippen LogP contribution in [0.4, 0.5) is 4.79 Å². The second kappa shape index (κ2) is 3.81. The van der Waals surface area contributed by atoms with Crippen LogP contribution in [0.25, 0.3) is 0 Å². The standard InChI is InChI=1S/C8H11NO2/c9-8(10)11-6-7-4-2-1-3-5-7/h1-4,7H,5-6H2,(H2,9,10). The lowest BCUT2D eigenvalue weighted by atomic mass is 10.0. The Hall–Kier alpha value is -1.25. The maximum Gasteiger partial charge on any atom is 0.404 e. The van der Waals surface area contributed by atoms with Crippen LogP contribution in [0.3, 0.4) is 0 Å². The van der Waals surface area contributed by atoms with Crippen LogP contribution in [0.1, 0.15) is 6.42 Å². The summed E-state index contributed by atoms with van der Waals surface area (Å²) < 4.78 is 4.64. The average molecular weight is 153 g/mol. The number of ether oxygens (including phenoxy) is 1. The molecule has 1 amide bonds. The van der Waals surface area contributed by atoms with E-state index < -0.39 is 6.09 Å². The molecule has 0 aromatic heterocycles. The van der Waals surface area contributed by atoms with Gasteiger partial charge in [0.1, 0.15) is 0 Å². The first kappa shape index (κ1) is 7.85. The van der Waals surface area contributed by atoms with Gasteiger partial charge in [0.05, 0.1) is 6.61 Å². The number of carbonyl (C=O) groups is 1. The monoisotopic (exact) mass is 153 g/mol. The van der Waals surface area contributed by atoms with Crippen molar-refractivity contribution in [2.75, 3.05) is 6.61 Å². The van der Waals surface area contributed by atoms with E-state index in [0.29, 0.717) is 12.5 Å². The molecule has 3 nitrogen and oxygen atoms in total. The summed E-state index contributed by atoms with van der Waals surface area (Å²) in [7, 11) is 0. The summed E-state index contributed by atoms with van der Waals surface area (Å²) in [5, 5.41) is 0. The van der Waals surface area contributed by atoms with Gasteiger partial charge in [-0.2, -0.15) is 0 Å². The number of primary amides is 1. The number of hydrogen-bond acceptors (Lipinski definition) is 2. The fraction of sp³-hybridized carbons (Fsp3) is 0.375. The third kappa shape index (κ3) is 2.89. The Kier molecular flexibility index (Phi) is 2.72. The van der Waals surface area contributed by atoms with Gasteiger partial charge in [-0.3, -0.25) is 0 Å². The van der Waals surface area contributed by atoms with E-state index in [4.69, 9.17) is 5.73 Å². The molecule has 1 rings (SSSR count). The number of rotatable bonds is 2. The predicted molar refractivity (Wildman–Crippen MR) is 41.9 cm³/mol. The Morgan fingerprint density at radius 2 is 2.45 bits per heavy atom. The molecule has 0 aromatic carbocycles. The van der Waals surface area contributed by atoms with Gasteiger partial charge < -0.3 is 10.5 Å². The number of hydrogen-bond donors (Lipinski definition) is 1. The second-order valence-corrected chi connectivity index (χ2v) is 2.44. The molecule has 0 radical (unpaired) electrons. The molecule has 1 aliphatic carbocycles. The van der Waals surface area contributed by atoms with Gasteiger partial charge in [-0.1, -0.05) is 24.3 Å². The zero-order valence-corrected chi connectivity index (χ0v) is 6.19. The molecule has 3 heteroatoms. The molecule has 0 aliphatic heterocycles. The van der Waals surface area contributed by atoms with Gasteiger partial charge in [0, 0.05) is 5.92 Å². The molecular formula is C8H11NO2. The lowest BCUT2D eigenvalue weighted by molar-refractivity contribution is 0.145. The van der Waals surface area contributed by atoms with Crippen LogP contribution in [0, 0.1) is 5.92 Å². The molecule has 1 unspecified atom stereocenters. The van der Waals surface area contributed by atoms with Crippen molar-refractivity contribution in [2.24, 2.45) is 11.7 Å². The third-order valence-electron chi connectivity index (χ3n) is 1.51. The maximum atomic E-state index is 10.2. The van der Waals surface area contributed by atoms with E-state index in [9.17, 15) is 4.79 Å². The van der Waals surface area contributed by atoms with Gasteiger partial charge in [-0.15, -0.1) is 0 Å². The summed E-state index contributed by atoms with van der Waals surface area (Å²) in [6, 6.07) is 0. The van der Waals surface area contributed by atoms with Gasteiger partial charge in [-0.25, -0.2) is 4.79 Å². The van der Waals surface area contributed by atoms with Crippen LogP contribution in [-0.4, -0.2) is 12.7 Å². The van der Waals surface area contributed by atoms with Crippen LogP contribution >= 0.6 is 0 Å². The van der Waals surface area contributed by atoms with Gasteiger partial charge in [-0.05, 0) is 6.42 Å². The highest BCUT2D eigenvalue weighted by Gasteiger charge is 2.06. The molecule has 0 saturated carbocycles. The molecule has 0 saturated heterocycles. The molecule has 11 heavy (non-hydrogen) atoms. The highest BCUT2D eigenvalue weighted by atomic mass is 16.5. The van der Waals surface area contributed by atoms with Gasteiger partial charge >= 0.3 is 6.09 Å². The second-order valence-electron chi connectivity index (χ2n) is 2.44. The molecular weight excluding hydrogens is 142 g/mol. The first-order valence-electron chi connectivity index (χ1n) is 3.54. The van der Waals surface area contributed by atoms with Crippen molar-refractivity contribution in [1.82, 2.24) is 0 Å². The van der Waals surface area contributed by atoms with E-state index >= 15 is 0 Å². The minimum absolute atomic E-state index is 0.299. The van der Waals surface area contributed by atoms with Crippen molar-refractivity contribution >= 4 is 6.09 Å². The molecule has 0 aromatic rings. The van der Waals surface area contributed by atoms with Crippen molar-refractivity contribution < 1.29 is 9.53 Å². The quantitative estimate of drug-likeness (QED) is 0.648. The fourth-order valence-electron chi connectivity index (χ4n) is 0.945. The van der Waals surface area contributed by atoms with E-state index in [1.165, 1.54) is 0 Å². The smallest absolute Gasteiger partial charge is 0.404 e. The Bertz CT molecular complexity index is 196. The van der Waals surface area contributed by atoms with Gasteiger partial charge in [0.15, 0.2) is 0 Å². The highest BCUT2D eigenvalue weighted by molar-refractivity contribution is 5.64. The first-order chi connectivity index (χ1) is 5.29. The average Bonchev–Trinajstić information content (AvgIpc) is 2.03. The minimum Gasteiger partial charge on any atom is -0.449 e. The summed E-state index contributed by atoms with van der Waals surface area (Å²) in [5.74, 6) is 0.299. The van der Waals surface area contributed by atoms with E-state index in [1.54, 1.807) is 0 Å². The van der Waals surface area contributed by atoms with Crippen LogP contribution in [0.5, 0.6) is 0 Å². The third-order valence-corrected chi connectivity index (χ3v) is 1.51. The molecule has 0 heterocycles. The first-order valence-corrected chi connectivity index (χ1v) is 3.54. The van der Waals surface area contributed by atoms with Crippen LogP contribution in [0.2, 0.25) is 0 Å². The zero-order valence-electron chi connectivity index (χ0n) is 6.19. The van der Waals surface area contributed by atoms with Crippen LogP contribution in [0.15, 0.2) is 24.3 Å². The van der Waals surface area contributed by atoms with E-state index in [0.717, 1.165) is 6.42 Å². The summed E-state index contributed by atoms with van der Waals surface area (Å²) in [6.07, 6.45) is 8.18. The molecule has 0 fully saturated rings. The number of amides is 1. The van der Waals surface area contributed by atoms with Gasteiger partial charge in [0.25, 0.3) is 0 Å². The largest absolute Gasteiger partial charge is 0.449 e. The van der Waals surface area contributed by atoms with E-state index in [-0.39, 0.29) is 0 Å². The number of nitrogens with two attached hydrogens (primary N) is 1. The Morgan fingerprint density at radius 1 is 1.64 bits per heavy atom. The topological polar surface area (TPSA) is 52.3 Å². The zero-order chi connectivity index (χ0) is 8.10. The Labute approximate surface area is 65.5 Å². The Morgan fingerprint density at radius 3 is 3.00 bits per heavy atom. The van der Waals surface area contributed by atoms with Crippen molar-refractivity contribution in [1.29, 1.82) is 0 Å². The molecule has 60 valence electrons. The van der Waals surface area contributed by atoms with Crippen molar-refractivity contribution in [3.63, 3.8) is 0 Å². The number of allylic oxidation sites excluding steroid dienone is 3. The summed E-state index contributed by atoms with van der Waals surface area (Å²) in [4.78, 5) is 10.2. The number of carbonyl (C=O) groups excluding carboxylic acids is 1. The minimum atomic E-state index is -0.701.